The van der Waals surface area contributed by atoms with E-state index in [1.54, 1.807) is 32.4 Å². The highest BCUT2D eigenvalue weighted by atomic mass is 16.5. The number of nitrogens with one attached hydrogen (secondary N) is 2. The average Bonchev–Trinajstić information content (AvgIpc) is 2.54. The van der Waals surface area contributed by atoms with E-state index in [1.807, 2.05) is 0 Å². The summed E-state index contributed by atoms with van der Waals surface area (Å²) >= 11 is 0. The third-order valence-corrected chi connectivity index (χ3v) is 3.55. The monoisotopic (exact) mass is 294 g/mol. The van der Waals surface area contributed by atoms with E-state index in [-0.39, 0.29) is 0 Å². The Labute approximate surface area is 124 Å². The van der Waals surface area contributed by atoms with Crippen LogP contribution >= 0.6 is 0 Å². The molecule has 1 fully saturated rings. The quantitative estimate of drug-likeness (QED) is 0.871. The molecule has 6 heteroatoms. The lowest BCUT2D eigenvalue weighted by Crippen LogP contribution is -2.31. The van der Waals surface area contributed by atoms with Gasteiger partial charge in [-0.15, -0.1) is 0 Å². The fraction of sp³-hybridized carbons (Fsp3) is 0.533. The minimum Gasteiger partial charge on any atom is -0.497 e. The third-order valence-electron chi connectivity index (χ3n) is 3.55. The third kappa shape index (κ3) is 4.53. The fourth-order valence-electron chi connectivity index (χ4n) is 2.29. The molecular formula is C15H22N2O4. The summed E-state index contributed by atoms with van der Waals surface area (Å²) in [6.45, 7) is 2.43. The summed E-state index contributed by atoms with van der Waals surface area (Å²) in [5.74, 6) is 1.64. The van der Waals surface area contributed by atoms with E-state index in [9.17, 15) is 4.79 Å². The molecule has 0 spiro atoms. The Hall–Kier alpha value is -1.95. The Balaban J connectivity index is 1.86. The molecule has 1 aromatic carbocycles. The number of piperidine rings is 1. The molecule has 1 aromatic rings. The zero-order chi connectivity index (χ0) is 15.1. The molecule has 6 nitrogen and oxygen atoms in total. The molecule has 1 aliphatic rings. The topological polar surface area (TPSA) is 68.8 Å². The van der Waals surface area contributed by atoms with E-state index in [1.165, 1.54) is 0 Å². The van der Waals surface area contributed by atoms with E-state index in [0.29, 0.717) is 29.7 Å². The van der Waals surface area contributed by atoms with Gasteiger partial charge in [-0.05, 0) is 44.0 Å². The maximum Gasteiger partial charge on any atom is 0.411 e. The maximum absolute atomic E-state index is 11.8. The van der Waals surface area contributed by atoms with Gasteiger partial charge in [0.15, 0.2) is 0 Å². The van der Waals surface area contributed by atoms with Gasteiger partial charge >= 0.3 is 6.09 Å². The van der Waals surface area contributed by atoms with Crippen molar-refractivity contribution in [3.63, 3.8) is 0 Å². The Bertz CT molecular complexity index is 473. The van der Waals surface area contributed by atoms with Gasteiger partial charge in [0.2, 0.25) is 0 Å². The van der Waals surface area contributed by atoms with Crippen molar-refractivity contribution in [2.45, 2.75) is 12.8 Å². The molecule has 0 unspecified atom stereocenters. The van der Waals surface area contributed by atoms with E-state index < -0.39 is 6.09 Å². The molecule has 1 amide bonds. The van der Waals surface area contributed by atoms with Crippen molar-refractivity contribution >= 4 is 11.8 Å². The van der Waals surface area contributed by atoms with Crippen LogP contribution in [-0.4, -0.2) is 40.0 Å². The van der Waals surface area contributed by atoms with Gasteiger partial charge in [0.1, 0.15) is 11.5 Å². The highest BCUT2D eigenvalue weighted by Crippen LogP contribution is 2.29. The Morgan fingerprint density at radius 3 is 2.71 bits per heavy atom. The van der Waals surface area contributed by atoms with E-state index in [2.05, 4.69) is 10.6 Å². The Morgan fingerprint density at radius 1 is 1.29 bits per heavy atom. The van der Waals surface area contributed by atoms with Crippen molar-refractivity contribution in [1.82, 2.24) is 5.32 Å². The summed E-state index contributed by atoms with van der Waals surface area (Å²) in [4.78, 5) is 11.8. The molecule has 0 saturated carbocycles. The molecule has 116 valence electrons. The van der Waals surface area contributed by atoms with E-state index >= 15 is 0 Å². The van der Waals surface area contributed by atoms with Crippen LogP contribution in [-0.2, 0) is 4.74 Å². The van der Waals surface area contributed by atoms with Crippen molar-refractivity contribution in [2.75, 3.05) is 39.2 Å². The van der Waals surface area contributed by atoms with Gasteiger partial charge < -0.3 is 19.5 Å². The second kappa shape index (κ2) is 7.73. The minimum absolute atomic E-state index is 0.440. The predicted molar refractivity (Wildman–Crippen MR) is 80.1 cm³/mol. The summed E-state index contributed by atoms with van der Waals surface area (Å²) in [6.07, 6.45) is 1.62. The van der Waals surface area contributed by atoms with Crippen LogP contribution in [0.25, 0.3) is 0 Å². The lowest BCUT2D eigenvalue weighted by atomic mass is 9.99. The van der Waals surface area contributed by atoms with Crippen LogP contribution in [0.4, 0.5) is 10.5 Å². The number of carbonyl (C=O) groups excluding carboxylic acids is 1. The van der Waals surface area contributed by atoms with E-state index in [4.69, 9.17) is 14.2 Å². The van der Waals surface area contributed by atoms with Crippen LogP contribution in [0.3, 0.4) is 0 Å². The Morgan fingerprint density at radius 2 is 2.05 bits per heavy atom. The largest absolute Gasteiger partial charge is 0.497 e. The number of methoxy groups -OCH3 is 2. The standard InChI is InChI=1S/C15H22N2O4/c1-19-12-3-4-13(14(9-12)20-2)17-15(18)21-10-11-5-7-16-8-6-11/h3-4,9,11,16H,5-8,10H2,1-2H3,(H,17,18). The summed E-state index contributed by atoms with van der Waals surface area (Å²) in [5, 5.41) is 5.98. The average molecular weight is 294 g/mol. The Kier molecular flexibility index (Phi) is 5.68. The van der Waals surface area contributed by atoms with Gasteiger partial charge in [-0.3, -0.25) is 5.32 Å². The van der Waals surface area contributed by atoms with Crippen LogP contribution in [0.5, 0.6) is 11.5 Å². The predicted octanol–water partition coefficient (Wildman–Crippen LogP) is 2.25. The zero-order valence-corrected chi connectivity index (χ0v) is 12.5. The summed E-state index contributed by atoms with van der Waals surface area (Å²) in [7, 11) is 3.12. The molecule has 1 saturated heterocycles. The molecule has 0 bridgehead atoms. The summed E-state index contributed by atoms with van der Waals surface area (Å²) in [6, 6.07) is 5.19. The minimum atomic E-state index is -0.461. The molecule has 0 radical (unpaired) electrons. The van der Waals surface area contributed by atoms with Crippen molar-refractivity contribution in [3.8, 4) is 11.5 Å². The number of rotatable bonds is 5. The van der Waals surface area contributed by atoms with Gasteiger partial charge in [0.25, 0.3) is 0 Å². The normalized spacial score (nSPS) is 15.3. The van der Waals surface area contributed by atoms with Gasteiger partial charge in [0, 0.05) is 6.07 Å². The first-order valence-corrected chi connectivity index (χ1v) is 7.09. The smallest absolute Gasteiger partial charge is 0.411 e. The number of hydrogen-bond donors (Lipinski definition) is 2. The van der Waals surface area contributed by atoms with Gasteiger partial charge in [-0.25, -0.2) is 4.79 Å². The fourth-order valence-corrected chi connectivity index (χ4v) is 2.29. The summed E-state index contributed by atoms with van der Waals surface area (Å²) in [5.41, 5.74) is 0.564. The van der Waals surface area contributed by atoms with Crippen LogP contribution in [0.2, 0.25) is 0 Å². The molecule has 2 N–H and O–H groups in total. The number of carbonyl (C=O) groups is 1. The van der Waals surface area contributed by atoms with Gasteiger partial charge in [0.05, 0.1) is 26.5 Å². The van der Waals surface area contributed by atoms with Crippen molar-refractivity contribution in [3.05, 3.63) is 18.2 Å². The van der Waals surface area contributed by atoms with Crippen molar-refractivity contribution < 1.29 is 19.0 Å². The van der Waals surface area contributed by atoms with Crippen LogP contribution in [0, 0.1) is 5.92 Å². The highest BCUT2D eigenvalue weighted by Gasteiger charge is 2.16. The first-order chi connectivity index (χ1) is 10.2. The second-order valence-corrected chi connectivity index (χ2v) is 4.98. The number of benzene rings is 1. The van der Waals surface area contributed by atoms with Crippen LogP contribution < -0.4 is 20.1 Å². The first kappa shape index (κ1) is 15.4. The summed E-state index contributed by atoms with van der Waals surface area (Å²) < 4.78 is 15.6. The highest BCUT2D eigenvalue weighted by molar-refractivity contribution is 5.86. The number of amides is 1. The zero-order valence-electron chi connectivity index (χ0n) is 12.5. The second-order valence-electron chi connectivity index (χ2n) is 4.98. The molecule has 1 aliphatic heterocycles. The SMILES string of the molecule is COc1ccc(NC(=O)OCC2CCNCC2)c(OC)c1. The van der Waals surface area contributed by atoms with Crippen LogP contribution in [0.1, 0.15) is 12.8 Å². The molecule has 0 aromatic heterocycles. The molecule has 21 heavy (non-hydrogen) atoms. The van der Waals surface area contributed by atoms with E-state index in [0.717, 1.165) is 25.9 Å². The molecule has 2 rings (SSSR count). The first-order valence-electron chi connectivity index (χ1n) is 7.09. The van der Waals surface area contributed by atoms with Gasteiger partial charge in [-0.2, -0.15) is 0 Å². The number of anilines is 1. The van der Waals surface area contributed by atoms with Gasteiger partial charge in [-0.1, -0.05) is 0 Å². The maximum atomic E-state index is 11.8. The lowest BCUT2D eigenvalue weighted by molar-refractivity contribution is 0.130. The number of hydrogen-bond acceptors (Lipinski definition) is 5. The number of ether oxygens (including phenoxy) is 3. The van der Waals surface area contributed by atoms with Crippen molar-refractivity contribution in [2.24, 2.45) is 5.92 Å². The lowest BCUT2D eigenvalue weighted by Gasteiger charge is -2.22. The molecular weight excluding hydrogens is 272 g/mol. The molecule has 1 heterocycles. The van der Waals surface area contributed by atoms with Crippen molar-refractivity contribution in [1.29, 1.82) is 0 Å². The molecule has 0 atom stereocenters. The van der Waals surface area contributed by atoms with Crippen LogP contribution in [0.15, 0.2) is 18.2 Å². The molecule has 0 aliphatic carbocycles.